The van der Waals surface area contributed by atoms with Gasteiger partial charge in [-0.25, -0.2) is 9.07 Å². The Balaban J connectivity index is 1.71. The van der Waals surface area contributed by atoms with Crippen molar-refractivity contribution in [1.29, 1.82) is 0 Å². The van der Waals surface area contributed by atoms with Crippen LogP contribution in [0.15, 0.2) is 54.6 Å². The molecule has 25 heavy (non-hydrogen) atoms. The van der Waals surface area contributed by atoms with Crippen molar-refractivity contribution in [1.82, 2.24) is 9.78 Å². The molecule has 5 nitrogen and oxygen atoms in total. The molecule has 0 unspecified atom stereocenters. The zero-order valence-electron chi connectivity index (χ0n) is 14.0. The summed E-state index contributed by atoms with van der Waals surface area (Å²) in [6.07, 6.45) is 0. The molecule has 3 aromatic rings. The quantitative estimate of drug-likeness (QED) is 0.772. The normalized spacial score (nSPS) is 10.5. The second-order valence-corrected chi connectivity index (χ2v) is 5.65. The monoisotopic (exact) mass is 339 g/mol. The van der Waals surface area contributed by atoms with Gasteiger partial charge in [0.25, 0.3) is 5.91 Å². The molecular formula is C19H18FN3O2. The van der Waals surface area contributed by atoms with E-state index >= 15 is 0 Å². The van der Waals surface area contributed by atoms with E-state index in [2.05, 4.69) is 10.4 Å². The highest BCUT2D eigenvalue weighted by molar-refractivity contribution is 5.93. The van der Waals surface area contributed by atoms with Crippen molar-refractivity contribution in [2.75, 3.05) is 11.9 Å². The van der Waals surface area contributed by atoms with Gasteiger partial charge in [0.15, 0.2) is 6.61 Å². The van der Waals surface area contributed by atoms with Crippen LogP contribution in [-0.2, 0) is 4.79 Å². The summed E-state index contributed by atoms with van der Waals surface area (Å²) in [6, 6.07) is 14.9. The molecule has 0 saturated carbocycles. The SMILES string of the molecule is Cc1cc(C)n(-c2ccccc2NC(=O)COc2ccc(F)cc2)n1. The molecule has 0 aliphatic rings. The highest BCUT2D eigenvalue weighted by atomic mass is 19.1. The molecule has 6 heteroatoms. The van der Waals surface area contributed by atoms with Gasteiger partial charge in [0.05, 0.1) is 17.1 Å². The third-order valence-corrected chi connectivity index (χ3v) is 3.60. The molecule has 1 heterocycles. The fraction of sp³-hybridized carbons (Fsp3) is 0.158. The van der Waals surface area contributed by atoms with Crippen molar-refractivity contribution < 1.29 is 13.9 Å². The largest absolute Gasteiger partial charge is 0.484 e. The van der Waals surface area contributed by atoms with Crippen molar-refractivity contribution >= 4 is 11.6 Å². The maximum absolute atomic E-state index is 12.9. The summed E-state index contributed by atoms with van der Waals surface area (Å²) >= 11 is 0. The number of hydrogen-bond donors (Lipinski definition) is 1. The molecule has 1 aromatic heterocycles. The van der Waals surface area contributed by atoms with Crippen LogP contribution >= 0.6 is 0 Å². The zero-order valence-corrected chi connectivity index (χ0v) is 14.0. The number of aryl methyl sites for hydroxylation is 2. The standard InChI is InChI=1S/C19H18FN3O2/c1-13-11-14(2)23(22-13)18-6-4-3-5-17(18)21-19(24)12-25-16-9-7-15(20)8-10-16/h3-11H,12H2,1-2H3,(H,21,24). The number of hydrogen-bond acceptors (Lipinski definition) is 3. The van der Waals surface area contributed by atoms with E-state index in [1.807, 2.05) is 44.2 Å². The highest BCUT2D eigenvalue weighted by Gasteiger charge is 2.11. The van der Waals surface area contributed by atoms with Gasteiger partial charge in [-0.1, -0.05) is 12.1 Å². The van der Waals surface area contributed by atoms with Crippen molar-refractivity contribution in [2.45, 2.75) is 13.8 Å². The number of benzene rings is 2. The lowest BCUT2D eigenvalue weighted by Gasteiger charge is -2.13. The number of amides is 1. The summed E-state index contributed by atoms with van der Waals surface area (Å²) in [5.74, 6) is -0.225. The first-order valence-electron chi connectivity index (χ1n) is 7.84. The molecule has 0 aliphatic carbocycles. The molecule has 0 aliphatic heterocycles. The molecule has 1 N–H and O–H groups in total. The van der Waals surface area contributed by atoms with Gasteiger partial charge in [0.1, 0.15) is 11.6 Å². The minimum Gasteiger partial charge on any atom is -0.484 e. The van der Waals surface area contributed by atoms with Gasteiger partial charge in [-0.05, 0) is 56.3 Å². The van der Waals surface area contributed by atoms with E-state index in [0.717, 1.165) is 17.1 Å². The molecule has 128 valence electrons. The molecule has 1 amide bonds. The smallest absolute Gasteiger partial charge is 0.262 e. The van der Waals surface area contributed by atoms with Gasteiger partial charge in [0.2, 0.25) is 0 Å². The Bertz CT molecular complexity index is 888. The maximum Gasteiger partial charge on any atom is 0.262 e. The summed E-state index contributed by atoms with van der Waals surface area (Å²) in [7, 11) is 0. The number of para-hydroxylation sites is 2. The van der Waals surface area contributed by atoms with Crippen molar-refractivity contribution in [3.05, 3.63) is 71.8 Å². The van der Waals surface area contributed by atoms with Crippen LogP contribution < -0.4 is 10.1 Å². The fourth-order valence-corrected chi connectivity index (χ4v) is 2.50. The summed E-state index contributed by atoms with van der Waals surface area (Å²) in [5.41, 5.74) is 3.30. The third kappa shape index (κ3) is 4.03. The van der Waals surface area contributed by atoms with Gasteiger partial charge < -0.3 is 10.1 Å². The Morgan fingerprint density at radius 1 is 1.16 bits per heavy atom. The lowest BCUT2D eigenvalue weighted by molar-refractivity contribution is -0.118. The molecule has 0 saturated heterocycles. The Labute approximate surface area is 145 Å². The van der Waals surface area contributed by atoms with Crippen LogP contribution in [0.25, 0.3) is 5.69 Å². The number of ether oxygens (including phenoxy) is 1. The van der Waals surface area contributed by atoms with E-state index in [4.69, 9.17) is 4.74 Å². The molecular weight excluding hydrogens is 321 g/mol. The van der Waals surface area contributed by atoms with E-state index in [-0.39, 0.29) is 18.3 Å². The van der Waals surface area contributed by atoms with Crippen molar-refractivity contribution in [3.8, 4) is 11.4 Å². The molecule has 3 rings (SSSR count). The predicted molar refractivity (Wildman–Crippen MR) is 93.6 cm³/mol. The topological polar surface area (TPSA) is 56.2 Å². The first kappa shape index (κ1) is 16.7. The highest BCUT2D eigenvalue weighted by Crippen LogP contribution is 2.21. The summed E-state index contributed by atoms with van der Waals surface area (Å²) in [4.78, 5) is 12.2. The molecule has 0 bridgehead atoms. The molecule has 0 atom stereocenters. The number of anilines is 1. The van der Waals surface area contributed by atoms with Gasteiger partial charge in [0, 0.05) is 5.69 Å². The Morgan fingerprint density at radius 3 is 2.56 bits per heavy atom. The molecule has 2 aromatic carbocycles. The average Bonchev–Trinajstić information content (AvgIpc) is 2.93. The lowest BCUT2D eigenvalue weighted by Crippen LogP contribution is -2.21. The number of carbonyl (C=O) groups is 1. The van der Waals surface area contributed by atoms with Crippen LogP contribution in [0.3, 0.4) is 0 Å². The Morgan fingerprint density at radius 2 is 1.88 bits per heavy atom. The third-order valence-electron chi connectivity index (χ3n) is 3.60. The predicted octanol–water partition coefficient (Wildman–Crippen LogP) is 3.65. The van der Waals surface area contributed by atoms with Crippen LogP contribution in [-0.4, -0.2) is 22.3 Å². The van der Waals surface area contributed by atoms with Gasteiger partial charge >= 0.3 is 0 Å². The fourth-order valence-electron chi connectivity index (χ4n) is 2.50. The van der Waals surface area contributed by atoms with Crippen LogP contribution in [0, 0.1) is 19.7 Å². The van der Waals surface area contributed by atoms with Crippen molar-refractivity contribution in [2.24, 2.45) is 0 Å². The number of nitrogens with one attached hydrogen (secondary N) is 1. The van der Waals surface area contributed by atoms with Gasteiger partial charge in [-0.2, -0.15) is 5.10 Å². The number of rotatable bonds is 5. The van der Waals surface area contributed by atoms with Gasteiger partial charge in [-0.15, -0.1) is 0 Å². The Hall–Kier alpha value is -3.15. The van der Waals surface area contributed by atoms with Crippen LogP contribution in [0.4, 0.5) is 10.1 Å². The zero-order chi connectivity index (χ0) is 17.8. The van der Waals surface area contributed by atoms with E-state index < -0.39 is 0 Å². The van der Waals surface area contributed by atoms with E-state index in [9.17, 15) is 9.18 Å². The second kappa shape index (κ2) is 7.17. The summed E-state index contributed by atoms with van der Waals surface area (Å²) < 4.78 is 20.0. The number of nitrogens with zero attached hydrogens (tertiary/aromatic N) is 2. The molecule has 0 radical (unpaired) electrons. The molecule has 0 spiro atoms. The van der Waals surface area contributed by atoms with Crippen molar-refractivity contribution in [3.63, 3.8) is 0 Å². The second-order valence-electron chi connectivity index (χ2n) is 5.65. The molecule has 0 fully saturated rings. The van der Waals surface area contributed by atoms with E-state index in [1.54, 1.807) is 4.68 Å². The number of carbonyl (C=O) groups excluding carboxylic acids is 1. The van der Waals surface area contributed by atoms with Crippen LogP contribution in [0.2, 0.25) is 0 Å². The van der Waals surface area contributed by atoms with Crippen LogP contribution in [0.1, 0.15) is 11.4 Å². The first-order valence-corrected chi connectivity index (χ1v) is 7.84. The minimum atomic E-state index is -0.351. The average molecular weight is 339 g/mol. The first-order chi connectivity index (χ1) is 12.0. The van der Waals surface area contributed by atoms with E-state index in [0.29, 0.717) is 11.4 Å². The van der Waals surface area contributed by atoms with E-state index in [1.165, 1.54) is 24.3 Å². The summed E-state index contributed by atoms with van der Waals surface area (Å²) in [5, 5.41) is 7.28. The number of aromatic nitrogens is 2. The number of halogens is 1. The van der Waals surface area contributed by atoms with Crippen LogP contribution in [0.5, 0.6) is 5.75 Å². The summed E-state index contributed by atoms with van der Waals surface area (Å²) in [6.45, 7) is 3.70. The maximum atomic E-state index is 12.9. The minimum absolute atomic E-state index is 0.170. The van der Waals surface area contributed by atoms with Gasteiger partial charge in [-0.3, -0.25) is 4.79 Å². The lowest BCUT2D eigenvalue weighted by atomic mass is 10.2. The Kier molecular flexibility index (Phi) is 4.79.